The van der Waals surface area contributed by atoms with Crippen molar-refractivity contribution in [2.24, 2.45) is 0 Å². The van der Waals surface area contributed by atoms with Gasteiger partial charge in [-0.1, -0.05) is 48.5 Å². The summed E-state index contributed by atoms with van der Waals surface area (Å²) >= 11 is 0. The number of aryl methyl sites for hydroxylation is 1. The van der Waals surface area contributed by atoms with Crippen LogP contribution in [-0.4, -0.2) is 37.2 Å². The van der Waals surface area contributed by atoms with Crippen LogP contribution in [0.4, 0.5) is 10.5 Å². The highest BCUT2D eigenvalue weighted by atomic mass is 35.5. The predicted molar refractivity (Wildman–Crippen MR) is 106 cm³/mol. The van der Waals surface area contributed by atoms with Crippen molar-refractivity contribution in [3.63, 3.8) is 0 Å². The predicted octanol–water partition coefficient (Wildman–Crippen LogP) is 4.61. The minimum absolute atomic E-state index is 0. The number of ether oxygens (including phenoxy) is 1. The number of carbonyl (C=O) groups is 1. The van der Waals surface area contributed by atoms with Crippen LogP contribution in [0.3, 0.4) is 0 Å². The lowest BCUT2D eigenvalue weighted by Crippen LogP contribution is -2.43. The van der Waals surface area contributed by atoms with E-state index in [1.54, 1.807) is 0 Å². The van der Waals surface area contributed by atoms with Gasteiger partial charge in [0.15, 0.2) is 0 Å². The first-order valence-corrected chi connectivity index (χ1v) is 8.21. The molecule has 0 aliphatic heterocycles. The largest absolute Gasteiger partial charge is 0.442 e. The normalized spacial score (nSPS) is 12.8. The van der Waals surface area contributed by atoms with Crippen LogP contribution in [-0.2, 0) is 11.2 Å². The van der Waals surface area contributed by atoms with E-state index in [1.807, 2.05) is 74.4 Å². The van der Waals surface area contributed by atoms with Crippen molar-refractivity contribution in [3.8, 4) is 0 Å². The third-order valence-electron chi connectivity index (χ3n) is 3.80. The van der Waals surface area contributed by atoms with Crippen LogP contribution in [0.1, 0.15) is 18.9 Å². The maximum Gasteiger partial charge on any atom is 0.412 e. The molecule has 0 aliphatic rings. The summed E-state index contributed by atoms with van der Waals surface area (Å²) in [4.78, 5) is 14.3. The maximum absolute atomic E-state index is 12.3. The highest BCUT2D eigenvalue weighted by Crippen LogP contribution is 2.21. The molecular weight excluding hydrogens is 336 g/mol. The van der Waals surface area contributed by atoms with Crippen molar-refractivity contribution in [3.05, 3.63) is 66.2 Å². The molecule has 5 heteroatoms. The summed E-state index contributed by atoms with van der Waals surface area (Å²) in [6.45, 7) is 2.66. The van der Waals surface area contributed by atoms with E-state index in [-0.39, 0.29) is 12.4 Å². The molecule has 0 spiro atoms. The fraction of sp³-hybridized carbons (Fsp3) is 0.350. The lowest BCUT2D eigenvalue weighted by atomic mass is 9.96. The summed E-state index contributed by atoms with van der Waals surface area (Å²) in [6, 6.07) is 19.6. The Hall–Kier alpha value is -2.04. The molecule has 2 aromatic carbocycles. The zero-order valence-electron chi connectivity index (χ0n) is 15.1. The number of benzene rings is 2. The number of nitrogens with zero attached hydrogens (tertiary/aromatic N) is 1. The van der Waals surface area contributed by atoms with Gasteiger partial charge >= 0.3 is 6.09 Å². The van der Waals surface area contributed by atoms with E-state index in [0.717, 1.165) is 18.5 Å². The Balaban J connectivity index is 0.00000312. The maximum atomic E-state index is 12.3. The molecule has 1 atom stereocenters. The Morgan fingerprint density at radius 3 is 2.16 bits per heavy atom. The summed E-state index contributed by atoms with van der Waals surface area (Å²) in [5, 5.41) is 2.79. The number of halogens is 1. The molecule has 0 fully saturated rings. The Morgan fingerprint density at radius 1 is 1.04 bits per heavy atom. The van der Waals surface area contributed by atoms with Crippen LogP contribution in [0.5, 0.6) is 0 Å². The first-order chi connectivity index (χ1) is 11.5. The molecule has 0 radical (unpaired) electrons. The van der Waals surface area contributed by atoms with Gasteiger partial charge in [-0.2, -0.15) is 0 Å². The van der Waals surface area contributed by atoms with E-state index < -0.39 is 11.7 Å². The fourth-order valence-electron chi connectivity index (χ4n) is 2.77. The summed E-state index contributed by atoms with van der Waals surface area (Å²) < 4.78 is 5.78. The number of hydrogen-bond donors (Lipinski definition) is 1. The van der Waals surface area contributed by atoms with Crippen LogP contribution in [0.15, 0.2) is 60.7 Å². The lowest BCUT2D eigenvalue weighted by Gasteiger charge is -2.32. The standard InChI is InChI=1S/C20H26N2O2.ClH/c1-20(16-22(2)3,15-14-17-10-6-4-7-11-17)24-19(23)21-18-12-8-5-9-13-18;/h4-13H,14-16H2,1-3H3,(H,21,23);1H. The van der Waals surface area contributed by atoms with E-state index >= 15 is 0 Å². The topological polar surface area (TPSA) is 41.6 Å². The Morgan fingerprint density at radius 2 is 1.60 bits per heavy atom. The van der Waals surface area contributed by atoms with Gasteiger partial charge in [0.05, 0.1) is 0 Å². The molecule has 1 amide bonds. The van der Waals surface area contributed by atoms with Gasteiger partial charge in [0.2, 0.25) is 0 Å². The zero-order chi connectivity index (χ0) is 17.4. The quantitative estimate of drug-likeness (QED) is 0.782. The van der Waals surface area contributed by atoms with E-state index in [0.29, 0.717) is 6.54 Å². The average molecular weight is 363 g/mol. The van der Waals surface area contributed by atoms with Crippen LogP contribution in [0.2, 0.25) is 0 Å². The highest BCUT2D eigenvalue weighted by Gasteiger charge is 2.29. The molecule has 136 valence electrons. The third-order valence-corrected chi connectivity index (χ3v) is 3.80. The Bertz CT molecular complexity index is 635. The lowest BCUT2D eigenvalue weighted by molar-refractivity contribution is 0.00886. The van der Waals surface area contributed by atoms with Gasteiger partial charge in [0.1, 0.15) is 5.60 Å². The summed E-state index contributed by atoms with van der Waals surface area (Å²) in [5.41, 5.74) is 1.42. The van der Waals surface area contributed by atoms with Crippen molar-refractivity contribution >= 4 is 24.2 Å². The van der Waals surface area contributed by atoms with Crippen LogP contribution in [0.25, 0.3) is 0 Å². The van der Waals surface area contributed by atoms with Crippen molar-refractivity contribution in [1.82, 2.24) is 4.90 Å². The summed E-state index contributed by atoms with van der Waals surface area (Å²) in [6.07, 6.45) is 1.21. The number of hydrogen-bond acceptors (Lipinski definition) is 3. The highest BCUT2D eigenvalue weighted by molar-refractivity contribution is 5.85. The summed E-state index contributed by atoms with van der Waals surface area (Å²) in [7, 11) is 3.97. The molecule has 2 rings (SSSR count). The van der Waals surface area contributed by atoms with E-state index in [1.165, 1.54) is 5.56 Å². The summed E-state index contributed by atoms with van der Waals surface area (Å²) in [5.74, 6) is 0. The van der Waals surface area contributed by atoms with Gasteiger partial charge in [0, 0.05) is 12.2 Å². The van der Waals surface area contributed by atoms with Crippen molar-refractivity contribution in [2.75, 3.05) is 26.0 Å². The molecule has 25 heavy (non-hydrogen) atoms. The second kappa shape index (κ2) is 10.1. The molecule has 0 aliphatic carbocycles. The molecule has 0 heterocycles. The average Bonchev–Trinajstić information content (AvgIpc) is 2.54. The number of carbonyl (C=O) groups excluding carboxylic acids is 1. The van der Waals surface area contributed by atoms with E-state index in [2.05, 4.69) is 17.4 Å². The fourth-order valence-corrected chi connectivity index (χ4v) is 2.77. The number of amides is 1. The van der Waals surface area contributed by atoms with E-state index in [4.69, 9.17) is 4.74 Å². The van der Waals surface area contributed by atoms with Crippen LogP contribution < -0.4 is 5.32 Å². The molecule has 0 saturated carbocycles. The SMILES string of the molecule is CN(C)CC(C)(CCc1ccccc1)OC(=O)Nc1ccccc1.Cl. The first-order valence-electron chi connectivity index (χ1n) is 8.21. The van der Waals surface area contributed by atoms with Crippen molar-refractivity contribution in [1.29, 1.82) is 0 Å². The van der Waals surface area contributed by atoms with Gasteiger partial charge in [-0.05, 0) is 51.6 Å². The molecule has 0 bridgehead atoms. The molecule has 0 saturated heterocycles. The van der Waals surface area contributed by atoms with Crippen molar-refractivity contribution in [2.45, 2.75) is 25.4 Å². The first kappa shape index (κ1) is 21.0. The number of anilines is 1. The second-order valence-corrected chi connectivity index (χ2v) is 6.55. The second-order valence-electron chi connectivity index (χ2n) is 6.55. The molecule has 4 nitrogen and oxygen atoms in total. The van der Waals surface area contributed by atoms with Gasteiger partial charge in [0.25, 0.3) is 0 Å². The third kappa shape index (κ3) is 7.59. The Kier molecular flexibility index (Phi) is 8.46. The van der Waals surface area contributed by atoms with Crippen molar-refractivity contribution < 1.29 is 9.53 Å². The molecule has 0 aromatic heterocycles. The number of para-hydroxylation sites is 1. The molecule has 1 unspecified atom stereocenters. The van der Waals surface area contributed by atoms with Crippen LogP contribution >= 0.6 is 12.4 Å². The van der Waals surface area contributed by atoms with Gasteiger partial charge in [-0.3, -0.25) is 5.32 Å². The van der Waals surface area contributed by atoms with Gasteiger partial charge < -0.3 is 9.64 Å². The Labute approximate surface area is 156 Å². The minimum Gasteiger partial charge on any atom is -0.442 e. The van der Waals surface area contributed by atoms with Gasteiger partial charge in [-0.15, -0.1) is 12.4 Å². The van der Waals surface area contributed by atoms with Gasteiger partial charge in [-0.25, -0.2) is 4.79 Å². The number of likely N-dealkylation sites (N-methyl/N-ethyl adjacent to an activating group) is 1. The van der Waals surface area contributed by atoms with Crippen LogP contribution in [0, 0.1) is 0 Å². The molecule has 2 aromatic rings. The zero-order valence-corrected chi connectivity index (χ0v) is 15.9. The number of nitrogens with one attached hydrogen (secondary N) is 1. The molecular formula is C20H27ClN2O2. The van der Waals surface area contributed by atoms with E-state index in [9.17, 15) is 4.79 Å². The molecule has 1 N–H and O–H groups in total. The minimum atomic E-state index is -0.557. The monoisotopic (exact) mass is 362 g/mol. The number of rotatable bonds is 7. The smallest absolute Gasteiger partial charge is 0.412 e.